The highest BCUT2D eigenvalue weighted by molar-refractivity contribution is 5.76. The molecule has 3 atom stereocenters. The van der Waals surface area contributed by atoms with Gasteiger partial charge in [-0.15, -0.1) is 0 Å². The van der Waals surface area contributed by atoms with Crippen LogP contribution in [-0.2, 0) is 19.2 Å². The van der Waals surface area contributed by atoms with Crippen molar-refractivity contribution in [3.63, 3.8) is 0 Å². The number of rotatable bonds is 8. The molecule has 4 aliphatic heterocycles. The molecule has 8 heteroatoms. The minimum atomic E-state index is 0.316. The minimum Gasteiger partial charge on any atom is -0.317 e. The molecular weight excluding hydrogens is 480 g/mol. The van der Waals surface area contributed by atoms with Crippen molar-refractivity contribution in [1.29, 1.82) is 0 Å². The first-order valence-corrected chi connectivity index (χ1v) is 15.0. The van der Waals surface area contributed by atoms with Crippen LogP contribution >= 0.6 is 0 Å². The summed E-state index contributed by atoms with van der Waals surface area (Å²) in [6, 6.07) is 0. The van der Waals surface area contributed by atoms with Gasteiger partial charge in [-0.3, -0.25) is 0 Å². The quantitative estimate of drug-likeness (QED) is 0.374. The molecule has 4 saturated heterocycles. The summed E-state index contributed by atoms with van der Waals surface area (Å²) < 4.78 is 0. The van der Waals surface area contributed by atoms with Gasteiger partial charge in [0.15, 0.2) is 0 Å². The van der Waals surface area contributed by atoms with E-state index in [2.05, 4.69) is 21.3 Å². The lowest BCUT2D eigenvalue weighted by molar-refractivity contribution is -0.119. The lowest BCUT2D eigenvalue weighted by Gasteiger charge is -2.25. The van der Waals surface area contributed by atoms with Gasteiger partial charge >= 0.3 is 0 Å². The van der Waals surface area contributed by atoms with Crippen LogP contribution in [0.25, 0.3) is 0 Å². The van der Waals surface area contributed by atoms with Gasteiger partial charge < -0.3 is 40.4 Å². The van der Waals surface area contributed by atoms with Crippen LogP contribution in [0.15, 0.2) is 0 Å². The van der Waals surface area contributed by atoms with Gasteiger partial charge in [-0.05, 0) is 142 Å². The predicted molar refractivity (Wildman–Crippen MR) is 154 cm³/mol. The number of hydrogen-bond donors (Lipinski definition) is 4. The van der Waals surface area contributed by atoms with Crippen LogP contribution in [0.2, 0.25) is 0 Å². The maximum absolute atomic E-state index is 10.8. The van der Waals surface area contributed by atoms with Crippen LogP contribution in [0, 0.1) is 23.7 Å². The van der Waals surface area contributed by atoms with Crippen molar-refractivity contribution in [3.8, 4) is 0 Å². The lowest BCUT2D eigenvalue weighted by atomic mass is 9.95. The van der Waals surface area contributed by atoms with Crippen molar-refractivity contribution in [2.24, 2.45) is 23.7 Å². The zero-order chi connectivity index (χ0) is 28.2. The molecule has 3 unspecified atom stereocenters. The molecule has 0 amide bonds. The van der Waals surface area contributed by atoms with Gasteiger partial charge in [0.25, 0.3) is 0 Å². The largest absolute Gasteiger partial charge is 0.317 e. The summed E-state index contributed by atoms with van der Waals surface area (Å²) in [5.41, 5.74) is 0. The molecule has 4 rings (SSSR count). The van der Waals surface area contributed by atoms with Crippen LogP contribution in [0.1, 0.15) is 91.9 Å². The summed E-state index contributed by atoms with van der Waals surface area (Å²) in [7, 11) is 0. The fraction of sp³-hybridized carbons (Fsp3) is 0.867. The number of carbonyl (C=O) groups is 4. The Morgan fingerprint density at radius 3 is 1.26 bits per heavy atom. The third-order valence-corrected chi connectivity index (χ3v) is 7.43. The van der Waals surface area contributed by atoms with Gasteiger partial charge in [0.1, 0.15) is 23.1 Å². The number of hydrogen-bond acceptors (Lipinski definition) is 8. The van der Waals surface area contributed by atoms with E-state index in [9.17, 15) is 19.2 Å². The van der Waals surface area contributed by atoms with E-state index in [-0.39, 0.29) is 0 Å². The second-order valence-corrected chi connectivity index (χ2v) is 11.8. The maximum atomic E-state index is 10.8. The smallest absolute Gasteiger partial charge is 0.130 e. The number of nitrogens with one attached hydrogen (secondary N) is 4. The molecule has 0 spiro atoms. The van der Waals surface area contributed by atoms with E-state index < -0.39 is 0 Å². The first kappa shape index (κ1) is 34.5. The average molecular weight is 537 g/mol. The Hall–Kier alpha value is -1.48. The summed E-state index contributed by atoms with van der Waals surface area (Å²) in [4.78, 5) is 42.5. The summed E-state index contributed by atoms with van der Waals surface area (Å²) in [6.45, 7) is 15.3. The van der Waals surface area contributed by atoms with Crippen molar-refractivity contribution in [1.82, 2.24) is 21.3 Å². The van der Waals surface area contributed by atoms with Crippen molar-refractivity contribution in [2.45, 2.75) is 91.9 Å². The number of ketones is 4. The van der Waals surface area contributed by atoms with Crippen LogP contribution < -0.4 is 21.3 Å². The van der Waals surface area contributed by atoms with E-state index in [1.165, 1.54) is 38.5 Å². The SMILES string of the molecule is CC(=O)CC1CCCNC1.CC(=O)CC1CCCNCC1.CC(=O)CC1CCNC1.CC(=O)CC1CNC1. The Morgan fingerprint density at radius 2 is 0.816 bits per heavy atom. The molecule has 0 aliphatic carbocycles. The Labute approximate surface area is 231 Å². The molecule has 8 nitrogen and oxygen atoms in total. The monoisotopic (exact) mass is 536 g/mol. The molecule has 38 heavy (non-hydrogen) atoms. The molecule has 0 aromatic carbocycles. The summed E-state index contributed by atoms with van der Waals surface area (Å²) in [6.07, 6.45) is 10.4. The first-order chi connectivity index (χ1) is 18.2. The highest BCUT2D eigenvalue weighted by Crippen LogP contribution is 2.17. The topological polar surface area (TPSA) is 116 Å². The molecule has 4 N–H and O–H groups in total. The average Bonchev–Trinajstić information content (AvgIpc) is 3.19. The molecule has 0 aromatic heterocycles. The second-order valence-electron chi connectivity index (χ2n) is 11.8. The molecule has 0 aromatic rings. The number of Topliss-reactive ketones (excluding diaryl/α,β-unsaturated/α-hetero) is 4. The molecule has 4 aliphatic rings. The fourth-order valence-corrected chi connectivity index (χ4v) is 5.40. The third kappa shape index (κ3) is 19.6. The highest BCUT2D eigenvalue weighted by Gasteiger charge is 2.18. The van der Waals surface area contributed by atoms with Crippen LogP contribution in [0.4, 0.5) is 0 Å². The van der Waals surface area contributed by atoms with Gasteiger partial charge in [0.05, 0.1) is 0 Å². The Kier molecular flexibility index (Phi) is 19.4. The summed E-state index contributed by atoms with van der Waals surface area (Å²) in [5, 5.41) is 13.0. The van der Waals surface area contributed by atoms with E-state index in [1.54, 1.807) is 27.7 Å². The highest BCUT2D eigenvalue weighted by atomic mass is 16.1. The Morgan fingerprint density at radius 1 is 0.447 bits per heavy atom. The van der Waals surface area contributed by atoms with Crippen molar-refractivity contribution < 1.29 is 19.2 Å². The zero-order valence-electron chi connectivity index (χ0n) is 24.7. The molecule has 220 valence electrons. The molecule has 4 heterocycles. The fourth-order valence-electron chi connectivity index (χ4n) is 5.40. The van der Waals surface area contributed by atoms with Crippen LogP contribution in [0.5, 0.6) is 0 Å². The Balaban J connectivity index is 0.000000255. The van der Waals surface area contributed by atoms with Gasteiger partial charge in [0, 0.05) is 25.7 Å². The van der Waals surface area contributed by atoms with Crippen LogP contribution in [0.3, 0.4) is 0 Å². The van der Waals surface area contributed by atoms with Crippen LogP contribution in [-0.4, -0.2) is 75.5 Å². The zero-order valence-corrected chi connectivity index (χ0v) is 24.7. The van der Waals surface area contributed by atoms with Gasteiger partial charge in [-0.2, -0.15) is 0 Å². The van der Waals surface area contributed by atoms with Crippen molar-refractivity contribution in [3.05, 3.63) is 0 Å². The summed E-state index contributed by atoms with van der Waals surface area (Å²) >= 11 is 0. The Bertz CT molecular complexity index is 676. The maximum Gasteiger partial charge on any atom is 0.130 e. The van der Waals surface area contributed by atoms with Gasteiger partial charge in [-0.1, -0.05) is 0 Å². The van der Waals surface area contributed by atoms with E-state index in [4.69, 9.17) is 0 Å². The standard InChI is InChI=1S/C9H17NO.C8H15NO.C7H13NO.C6H11NO/c1-8(11)7-9-3-2-5-10-6-4-9;1-7(10)5-8-3-2-4-9-6-8;1-6(9)4-7-2-3-8-5-7;1-5(8)2-6-3-7-4-6/h9-10H,2-7H2,1H3;8-9H,2-6H2,1H3;7-8H,2-5H2,1H3;6-7H,2-4H2,1H3. The predicted octanol–water partition coefficient (Wildman–Crippen LogP) is 3.08. The van der Waals surface area contributed by atoms with Crippen molar-refractivity contribution >= 4 is 23.1 Å². The molecule has 0 radical (unpaired) electrons. The molecular formula is C30H56N4O4. The second kappa shape index (κ2) is 21.4. The van der Waals surface area contributed by atoms with E-state index >= 15 is 0 Å². The number of carbonyl (C=O) groups excluding carboxylic acids is 4. The van der Waals surface area contributed by atoms with Gasteiger partial charge in [0.2, 0.25) is 0 Å². The molecule has 0 saturated carbocycles. The van der Waals surface area contributed by atoms with E-state index in [0.29, 0.717) is 46.8 Å². The molecule has 0 bridgehead atoms. The number of piperidine rings is 1. The van der Waals surface area contributed by atoms with Gasteiger partial charge in [-0.25, -0.2) is 0 Å². The van der Waals surface area contributed by atoms with Crippen molar-refractivity contribution in [2.75, 3.05) is 52.4 Å². The normalized spacial score (nSPS) is 25.0. The third-order valence-electron chi connectivity index (χ3n) is 7.43. The van der Waals surface area contributed by atoms with E-state index in [0.717, 1.165) is 78.0 Å². The van der Waals surface area contributed by atoms with E-state index in [1.807, 2.05) is 0 Å². The summed E-state index contributed by atoms with van der Waals surface area (Å²) in [5.74, 6) is 3.86. The molecule has 4 fully saturated rings. The first-order valence-electron chi connectivity index (χ1n) is 15.0. The minimum absolute atomic E-state index is 0.316. The lowest BCUT2D eigenvalue weighted by Crippen LogP contribution is -2.42.